The van der Waals surface area contributed by atoms with Crippen molar-refractivity contribution in [3.8, 4) is 0 Å². The van der Waals surface area contributed by atoms with E-state index in [1.165, 1.54) is 0 Å². The van der Waals surface area contributed by atoms with E-state index in [1.54, 1.807) is 6.07 Å². The standard InChI is InChI=1S/C15H21Cl2NO2/c1-2-20-15(6-8-19-9-7-15)13(18)10-11-4-3-5-12(16)14(11)17/h3-5,13H,2,6-10,18H2,1H3. The van der Waals surface area contributed by atoms with E-state index in [-0.39, 0.29) is 11.6 Å². The molecule has 1 heterocycles. The number of rotatable bonds is 5. The number of benzene rings is 1. The molecule has 1 saturated heterocycles. The average Bonchev–Trinajstić information content (AvgIpc) is 2.45. The van der Waals surface area contributed by atoms with Crippen LogP contribution in [0.25, 0.3) is 0 Å². The van der Waals surface area contributed by atoms with E-state index in [9.17, 15) is 0 Å². The zero-order valence-corrected chi connectivity index (χ0v) is 13.2. The summed E-state index contributed by atoms with van der Waals surface area (Å²) in [5.74, 6) is 0. The number of hydrogen-bond acceptors (Lipinski definition) is 3. The summed E-state index contributed by atoms with van der Waals surface area (Å²) in [6.45, 7) is 4.03. The summed E-state index contributed by atoms with van der Waals surface area (Å²) in [6.07, 6.45) is 2.29. The van der Waals surface area contributed by atoms with Gasteiger partial charge in [0.2, 0.25) is 0 Å². The van der Waals surface area contributed by atoms with Crippen LogP contribution in [-0.4, -0.2) is 31.5 Å². The van der Waals surface area contributed by atoms with Gasteiger partial charge in [0.15, 0.2) is 0 Å². The fourth-order valence-electron chi connectivity index (χ4n) is 2.76. The molecule has 5 heteroatoms. The van der Waals surface area contributed by atoms with E-state index < -0.39 is 0 Å². The minimum Gasteiger partial charge on any atom is -0.381 e. The lowest BCUT2D eigenvalue weighted by molar-refractivity contribution is -0.120. The molecule has 0 amide bonds. The van der Waals surface area contributed by atoms with Crippen LogP contribution in [0.5, 0.6) is 0 Å². The molecule has 20 heavy (non-hydrogen) atoms. The quantitative estimate of drug-likeness (QED) is 0.904. The first kappa shape index (κ1) is 16.1. The van der Waals surface area contributed by atoms with Crippen molar-refractivity contribution in [2.24, 2.45) is 5.73 Å². The van der Waals surface area contributed by atoms with Crippen LogP contribution in [0.3, 0.4) is 0 Å². The normalized spacial score (nSPS) is 19.8. The predicted octanol–water partition coefficient (Wildman–Crippen LogP) is 3.45. The van der Waals surface area contributed by atoms with Crippen LogP contribution >= 0.6 is 23.2 Å². The van der Waals surface area contributed by atoms with Gasteiger partial charge in [-0.05, 0) is 25.0 Å². The van der Waals surface area contributed by atoms with Gasteiger partial charge in [0, 0.05) is 38.7 Å². The molecule has 3 nitrogen and oxygen atoms in total. The highest BCUT2D eigenvalue weighted by Crippen LogP contribution is 2.32. The number of ether oxygens (including phenoxy) is 2. The van der Waals surface area contributed by atoms with Gasteiger partial charge in [0.25, 0.3) is 0 Å². The molecule has 0 bridgehead atoms. The van der Waals surface area contributed by atoms with Gasteiger partial charge in [-0.3, -0.25) is 0 Å². The second-order valence-corrected chi connectivity index (χ2v) is 5.92. The Bertz CT molecular complexity index is 442. The highest BCUT2D eigenvalue weighted by molar-refractivity contribution is 6.42. The number of halogens is 2. The van der Waals surface area contributed by atoms with Crippen LogP contribution in [0.4, 0.5) is 0 Å². The fourth-order valence-corrected chi connectivity index (χ4v) is 3.15. The van der Waals surface area contributed by atoms with Crippen molar-refractivity contribution >= 4 is 23.2 Å². The van der Waals surface area contributed by atoms with E-state index >= 15 is 0 Å². The molecule has 2 N–H and O–H groups in total. The Morgan fingerprint density at radius 3 is 2.70 bits per heavy atom. The fraction of sp³-hybridized carbons (Fsp3) is 0.600. The smallest absolute Gasteiger partial charge is 0.0879 e. The molecule has 2 rings (SSSR count). The van der Waals surface area contributed by atoms with E-state index in [2.05, 4.69) is 0 Å². The Morgan fingerprint density at radius 1 is 1.35 bits per heavy atom. The maximum absolute atomic E-state index is 6.44. The topological polar surface area (TPSA) is 44.5 Å². The van der Waals surface area contributed by atoms with Crippen molar-refractivity contribution in [1.29, 1.82) is 0 Å². The van der Waals surface area contributed by atoms with Crippen LogP contribution < -0.4 is 5.73 Å². The third kappa shape index (κ3) is 3.46. The molecule has 1 aliphatic heterocycles. The first-order chi connectivity index (χ1) is 9.59. The third-order valence-corrected chi connectivity index (χ3v) is 4.78. The van der Waals surface area contributed by atoms with Crippen LogP contribution in [0, 0.1) is 0 Å². The summed E-state index contributed by atoms with van der Waals surface area (Å²) < 4.78 is 11.4. The summed E-state index contributed by atoms with van der Waals surface area (Å²) in [5.41, 5.74) is 7.09. The SMILES string of the molecule is CCOC1(C(N)Cc2cccc(Cl)c2Cl)CCOCC1. The summed E-state index contributed by atoms with van der Waals surface area (Å²) in [4.78, 5) is 0. The molecule has 0 aromatic heterocycles. The van der Waals surface area contributed by atoms with Crippen molar-refractivity contribution < 1.29 is 9.47 Å². The Hall–Kier alpha value is -0.320. The lowest BCUT2D eigenvalue weighted by atomic mass is 9.83. The largest absolute Gasteiger partial charge is 0.381 e. The Kier molecular flexibility index (Phi) is 5.70. The Balaban J connectivity index is 2.15. The zero-order chi connectivity index (χ0) is 14.6. The van der Waals surface area contributed by atoms with Crippen molar-refractivity contribution in [2.75, 3.05) is 19.8 Å². The molecule has 1 aromatic rings. The maximum Gasteiger partial charge on any atom is 0.0879 e. The van der Waals surface area contributed by atoms with Crippen molar-refractivity contribution in [1.82, 2.24) is 0 Å². The maximum atomic E-state index is 6.44. The highest BCUT2D eigenvalue weighted by atomic mass is 35.5. The molecular formula is C15H21Cl2NO2. The zero-order valence-electron chi connectivity index (χ0n) is 11.7. The van der Waals surface area contributed by atoms with E-state index in [1.807, 2.05) is 19.1 Å². The molecule has 1 atom stereocenters. The minimum atomic E-state index is -0.321. The van der Waals surface area contributed by atoms with Gasteiger partial charge in [-0.2, -0.15) is 0 Å². The van der Waals surface area contributed by atoms with E-state index in [4.69, 9.17) is 38.4 Å². The summed E-state index contributed by atoms with van der Waals surface area (Å²) in [7, 11) is 0. The summed E-state index contributed by atoms with van der Waals surface area (Å²) >= 11 is 12.3. The first-order valence-corrected chi connectivity index (χ1v) is 7.75. The second kappa shape index (κ2) is 7.10. The van der Waals surface area contributed by atoms with Crippen LogP contribution in [-0.2, 0) is 15.9 Å². The lowest BCUT2D eigenvalue weighted by Gasteiger charge is -2.41. The molecular weight excluding hydrogens is 297 g/mol. The lowest BCUT2D eigenvalue weighted by Crippen LogP contribution is -2.54. The van der Waals surface area contributed by atoms with E-state index in [0.717, 1.165) is 18.4 Å². The molecule has 1 fully saturated rings. The molecule has 0 spiro atoms. The van der Waals surface area contributed by atoms with Gasteiger partial charge in [0.1, 0.15) is 0 Å². The molecule has 1 aliphatic rings. The average molecular weight is 318 g/mol. The van der Waals surface area contributed by atoms with Gasteiger partial charge in [-0.1, -0.05) is 35.3 Å². The van der Waals surface area contributed by atoms with Crippen LogP contribution in [0.15, 0.2) is 18.2 Å². The second-order valence-electron chi connectivity index (χ2n) is 5.13. The van der Waals surface area contributed by atoms with Gasteiger partial charge in [-0.25, -0.2) is 0 Å². The van der Waals surface area contributed by atoms with Gasteiger partial charge < -0.3 is 15.2 Å². The van der Waals surface area contributed by atoms with Gasteiger partial charge in [-0.15, -0.1) is 0 Å². The minimum absolute atomic E-state index is 0.123. The molecule has 112 valence electrons. The van der Waals surface area contributed by atoms with Crippen molar-refractivity contribution in [3.63, 3.8) is 0 Å². The third-order valence-electron chi connectivity index (χ3n) is 3.92. The number of nitrogens with two attached hydrogens (primary N) is 1. The van der Waals surface area contributed by atoms with Crippen molar-refractivity contribution in [3.05, 3.63) is 33.8 Å². The predicted molar refractivity (Wildman–Crippen MR) is 82.6 cm³/mol. The molecule has 1 aromatic carbocycles. The van der Waals surface area contributed by atoms with Gasteiger partial charge >= 0.3 is 0 Å². The molecule has 0 saturated carbocycles. The highest BCUT2D eigenvalue weighted by Gasteiger charge is 2.39. The molecule has 0 aliphatic carbocycles. The van der Waals surface area contributed by atoms with Gasteiger partial charge in [0.05, 0.1) is 15.6 Å². The first-order valence-electron chi connectivity index (χ1n) is 6.99. The molecule has 0 radical (unpaired) electrons. The number of hydrogen-bond donors (Lipinski definition) is 1. The van der Waals surface area contributed by atoms with Crippen LogP contribution in [0.1, 0.15) is 25.3 Å². The Labute approximate surface area is 130 Å². The van der Waals surface area contributed by atoms with Crippen LogP contribution in [0.2, 0.25) is 10.0 Å². The summed E-state index contributed by atoms with van der Waals surface area (Å²) in [6, 6.07) is 5.52. The monoisotopic (exact) mass is 317 g/mol. The molecule has 1 unspecified atom stereocenters. The Morgan fingerprint density at radius 2 is 2.05 bits per heavy atom. The van der Waals surface area contributed by atoms with Crippen molar-refractivity contribution in [2.45, 2.75) is 37.8 Å². The van der Waals surface area contributed by atoms with E-state index in [0.29, 0.717) is 36.3 Å². The summed E-state index contributed by atoms with van der Waals surface area (Å²) in [5, 5.41) is 1.15.